The van der Waals surface area contributed by atoms with Crippen molar-refractivity contribution in [3.63, 3.8) is 0 Å². The lowest BCUT2D eigenvalue weighted by molar-refractivity contribution is 0.0596. The molecular weight excluding hydrogens is 371 g/mol. The van der Waals surface area contributed by atoms with Gasteiger partial charge in [0.05, 0.1) is 17.6 Å². The minimum absolute atomic E-state index is 0.111. The number of hydrogen-bond donors (Lipinski definition) is 2. The van der Waals surface area contributed by atoms with Gasteiger partial charge in [-0.1, -0.05) is 38.1 Å². The van der Waals surface area contributed by atoms with Crippen molar-refractivity contribution in [1.29, 1.82) is 0 Å². The maximum absolute atomic E-state index is 13.5. The Morgan fingerprint density at radius 3 is 2.30 bits per heavy atom. The normalized spacial score (nSPS) is 12.8. The van der Waals surface area contributed by atoms with Crippen LogP contribution in [0.4, 0.5) is 4.39 Å². The first kappa shape index (κ1) is 21.0. The van der Waals surface area contributed by atoms with Gasteiger partial charge in [-0.2, -0.15) is 0 Å². The fourth-order valence-electron chi connectivity index (χ4n) is 2.52. The number of hydrogen-bond acceptors (Lipinski definition) is 5. The molecule has 0 radical (unpaired) electrons. The van der Waals surface area contributed by atoms with Gasteiger partial charge < -0.3 is 10.5 Å². The van der Waals surface area contributed by atoms with Crippen LogP contribution in [-0.2, 0) is 14.8 Å². The molecule has 27 heavy (non-hydrogen) atoms. The minimum Gasteiger partial charge on any atom is -0.465 e. The fourth-order valence-corrected chi connectivity index (χ4v) is 3.78. The van der Waals surface area contributed by atoms with Crippen LogP contribution in [-0.4, -0.2) is 28.0 Å². The quantitative estimate of drug-likeness (QED) is 0.704. The molecule has 0 saturated heterocycles. The SMILES string of the molecule is COC(=O)c1ccc(F)cc1S(=O)(=O)NCC(N)c1ccc(C(C)C)cc1. The van der Waals surface area contributed by atoms with Crippen molar-refractivity contribution in [2.24, 2.45) is 5.73 Å². The van der Waals surface area contributed by atoms with E-state index in [0.29, 0.717) is 5.92 Å². The number of carbonyl (C=O) groups is 1. The number of methoxy groups -OCH3 is 1. The maximum Gasteiger partial charge on any atom is 0.339 e. The van der Waals surface area contributed by atoms with Gasteiger partial charge in [-0.3, -0.25) is 0 Å². The van der Waals surface area contributed by atoms with E-state index in [4.69, 9.17) is 5.73 Å². The predicted molar refractivity (Wildman–Crippen MR) is 100 cm³/mol. The topological polar surface area (TPSA) is 98.5 Å². The molecule has 3 N–H and O–H groups in total. The molecule has 0 saturated carbocycles. The highest BCUT2D eigenvalue weighted by molar-refractivity contribution is 7.89. The van der Waals surface area contributed by atoms with Gasteiger partial charge in [-0.25, -0.2) is 22.3 Å². The van der Waals surface area contributed by atoms with E-state index in [9.17, 15) is 17.6 Å². The van der Waals surface area contributed by atoms with Crippen LogP contribution in [0.25, 0.3) is 0 Å². The van der Waals surface area contributed by atoms with Crippen LogP contribution in [0.2, 0.25) is 0 Å². The number of sulfonamides is 1. The number of ether oxygens (including phenoxy) is 1. The summed E-state index contributed by atoms with van der Waals surface area (Å²) < 4.78 is 45.6. The molecule has 2 aromatic rings. The number of halogens is 1. The number of nitrogens with two attached hydrogens (primary N) is 1. The highest BCUT2D eigenvalue weighted by Crippen LogP contribution is 2.20. The van der Waals surface area contributed by atoms with Gasteiger partial charge in [0.15, 0.2) is 0 Å². The van der Waals surface area contributed by atoms with Gasteiger partial charge >= 0.3 is 5.97 Å². The summed E-state index contributed by atoms with van der Waals surface area (Å²) in [5.74, 6) is -1.28. The summed E-state index contributed by atoms with van der Waals surface area (Å²) in [7, 11) is -3.05. The Morgan fingerprint density at radius 2 is 1.74 bits per heavy atom. The molecule has 8 heteroatoms. The van der Waals surface area contributed by atoms with Crippen LogP contribution in [0.15, 0.2) is 47.4 Å². The second-order valence-corrected chi connectivity index (χ2v) is 8.15. The summed E-state index contributed by atoms with van der Waals surface area (Å²) in [4.78, 5) is 11.3. The van der Waals surface area contributed by atoms with Crippen LogP contribution in [0.1, 0.15) is 47.3 Å². The zero-order valence-electron chi connectivity index (χ0n) is 15.4. The number of nitrogens with one attached hydrogen (secondary N) is 1. The molecule has 1 atom stereocenters. The van der Waals surface area contributed by atoms with Crippen LogP contribution < -0.4 is 10.5 Å². The highest BCUT2D eigenvalue weighted by Gasteiger charge is 2.24. The molecule has 2 aromatic carbocycles. The van der Waals surface area contributed by atoms with E-state index in [2.05, 4.69) is 23.3 Å². The van der Waals surface area contributed by atoms with E-state index in [1.54, 1.807) is 0 Å². The van der Waals surface area contributed by atoms with Crippen LogP contribution in [0, 0.1) is 5.82 Å². The molecule has 0 fully saturated rings. The van der Waals surface area contributed by atoms with Crippen molar-refractivity contribution in [3.05, 3.63) is 65.0 Å². The summed E-state index contributed by atoms with van der Waals surface area (Å²) in [6, 6.07) is 9.81. The predicted octanol–water partition coefficient (Wildman–Crippen LogP) is 2.71. The molecule has 0 aromatic heterocycles. The molecule has 0 spiro atoms. The first-order chi connectivity index (χ1) is 12.7. The molecule has 2 rings (SSSR count). The third-order valence-corrected chi connectivity index (χ3v) is 5.63. The van der Waals surface area contributed by atoms with Crippen LogP contribution in [0.5, 0.6) is 0 Å². The van der Waals surface area contributed by atoms with Crippen molar-refractivity contribution in [2.45, 2.75) is 30.7 Å². The Kier molecular flexibility index (Phi) is 6.69. The van der Waals surface area contributed by atoms with Crippen molar-refractivity contribution >= 4 is 16.0 Å². The van der Waals surface area contributed by atoms with Crippen molar-refractivity contribution in [3.8, 4) is 0 Å². The zero-order chi connectivity index (χ0) is 20.2. The number of carbonyl (C=O) groups excluding carboxylic acids is 1. The highest BCUT2D eigenvalue weighted by atomic mass is 32.2. The Labute approximate surface area is 158 Å². The summed E-state index contributed by atoms with van der Waals surface area (Å²) in [5, 5.41) is 0. The lowest BCUT2D eigenvalue weighted by Gasteiger charge is -2.16. The minimum atomic E-state index is -4.16. The maximum atomic E-state index is 13.5. The van der Waals surface area contributed by atoms with Gasteiger partial charge in [0.1, 0.15) is 5.82 Å². The molecule has 146 valence electrons. The second kappa shape index (κ2) is 8.60. The Morgan fingerprint density at radius 1 is 1.15 bits per heavy atom. The largest absolute Gasteiger partial charge is 0.465 e. The van der Waals surface area contributed by atoms with Gasteiger partial charge in [0.25, 0.3) is 0 Å². The first-order valence-corrected chi connectivity index (χ1v) is 9.87. The first-order valence-electron chi connectivity index (χ1n) is 8.38. The van der Waals surface area contributed by atoms with E-state index in [1.807, 2.05) is 24.3 Å². The molecule has 0 heterocycles. The molecule has 0 aliphatic heterocycles. The number of rotatable bonds is 7. The van der Waals surface area contributed by atoms with E-state index >= 15 is 0 Å². The van der Waals surface area contributed by atoms with E-state index in [-0.39, 0.29) is 12.1 Å². The molecule has 0 amide bonds. The molecule has 1 unspecified atom stereocenters. The Bertz CT molecular complexity index is 912. The van der Waals surface area contributed by atoms with E-state index in [1.165, 1.54) is 0 Å². The monoisotopic (exact) mass is 394 g/mol. The third-order valence-electron chi connectivity index (χ3n) is 4.16. The summed E-state index contributed by atoms with van der Waals surface area (Å²) >= 11 is 0. The van der Waals surface area contributed by atoms with Gasteiger partial charge in [-0.05, 0) is 35.2 Å². The lowest BCUT2D eigenvalue weighted by atomic mass is 9.99. The van der Waals surface area contributed by atoms with Gasteiger partial charge in [0, 0.05) is 12.6 Å². The zero-order valence-corrected chi connectivity index (χ0v) is 16.2. The molecule has 6 nitrogen and oxygen atoms in total. The summed E-state index contributed by atoms with van der Waals surface area (Å²) in [5.41, 5.74) is 7.72. The van der Waals surface area contributed by atoms with Crippen molar-refractivity contribution in [1.82, 2.24) is 4.72 Å². The average molecular weight is 394 g/mol. The van der Waals surface area contributed by atoms with Crippen molar-refractivity contribution in [2.75, 3.05) is 13.7 Å². The van der Waals surface area contributed by atoms with Crippen LogP contribution >= 0.6 is 0 Å². The smallest absolute Gasteiger partial charge is 0.339 e. The van der Waals surface area contributed by atoms with E-state index in [0.717, 1.165) is 36.4 Å². The molecule has 0 aliphatic rings. The van der Waals surface area contributed by atoms with Gasteiger partial charge in [-0.15, -0.1) is 0 Å². The van der Waals surface area contributed by atoms with E-state index < -0.39 is 32.7 Å². The lowest BCUT2D eigenvalue weighted by Crippen LogP contribution is -2.33. The Hall–Kier alpha value is -2.29. The Balaban J connectivity index is 2.19. The fraction of sp³-hybridized carbons (Fsp3) is 0.316. The molecule has 0 bridgehead atoms. The second-order valence-electron chi connectivity index (χ2n) is 6.41. The molecular formula is C19H23FN2O4S. The standard InChI is InChI=1S/C19H23FN2O4S/c1-12(2)13-4-6-14(7-5-13)17(21)11-22-27(24,25)18-10-15(20)8-9-16(18)19(23)26-3/h4-10,12,17,22H,11,21H2,1-3H3. The number of esters is 1. The molecule has 0 aliphatic carbocycles. The summed E-state index contributed by atoms with van der Waals surface area (Å²) in [6.07, 6.45) is 0. The van der Waals surface area contributed by atoms with Crippen molar-refractivity contribution < 1.29 is 22.3 Å². The average Bonchev–Trinajstić information content (AvgIpc) is 2.65. The summed E-state index contributed by atoms with van der Waals surface area (Å²) in [6.45, 7) is 4.03. The van der Waals surface area contributed by atoms with Crippen LogP contribution in [0.3, 0.4) is 0 Å². The van der Waals surface area contributed by atoms with Gasteiger partial charge in [0.2, 0.25) is 10.0 Å². The number of benzene rings is 2. The third kappa shape index (κ3) is 5.12.